The fraction of sp³-hybridized carbons (Fsp3) is 1.00. The topological polar surface area (TPSA) is 15.3 Å². The van der Waals surface area contributed by atoms with Crippen LogP contribution in [0.5, 0.6) is 0 Å². The second-order valence-corrected chi connectivity index (χ2v) is 5.22. The Labute approximate surface area is 103 Å². The predicted octanol–water partition coefficient (Wildman–Crippen LogP) is 3.48. The number of rotatable bonds is 4. The Kier molecular flexibility index (Phi) is 10.0. The maximum atomic E-state index is 3.45. The molecule has 1 heterocycles. The van der Waals surface area contributed by atoms with Crippen molar-refractivity contribution in [2.75, 3.05) is 19.8 Å². The van der Waals surface area contributed by atoms with Gasteiger partial charge in [0.1, 0.15) is 0 Å². The SMILES string of the molecule is CCC.CCC(CC(C)C)N1CCCNC1. The van der Waals surface area contributed by atoms with Crippen molar-refractivity contribution in [1.29, 1.82) is 0 Å². The van der Waals surface area contributed by atoms with E-state index in [1.807, 2.05) is 0 Å². The van der Waals surface area contributed by atoms with Gasteiger partial charge in [0.15, 0.2) is 0 Å². The van der Waals surface area contributed by atoms with Crippen LogP contribution in [-0.2, 0) is 0 Å². The van der Waals surface area contributed by atoms with Crippen molar-refractivity contribution in [3.05, 3.63) is 0 Å². The lowest BCUT2D eigenvalue weighted by Gasteiger charge is -2.35. The van der Waals surface area contributed by atoms with E-state index in [0.29, 0.717) is 0 Å². The van der Waals surface area contributed by atoms with Crippen molar-refractivity contribution in [2.45, 2.75) is 66.3 Å². The average molecular weight is 228 g/mol. The van der Waals surface area contributed by atoms with Crippen LogP contribution in [0.3, 0.4) is 0 Å². The van der Waals surface area contributed by atoms with Gasteiger partial charge in [-0.3, -0.25) is 4.90 Å². The van der Waals surface area contributed by atoms with Gasteiger partial charge in [-0.1, -0.05) is 41.0 Å². The van der Waals surface area contributed by atoms with Crippen molar-refractivity contribution in [1.82, 2.24) is 10.2 Å². The van der Waals surface area contributed by atoms with Gasteiger partial charge in [-0.15, -0.1) is 0 Å². The molecule has 0 saturated carbocycles. The van der Waals surface area contributed by atoms with Gasteiger partial charge in [-0.2, -0.15) is 0 Å². The van der Waals surface area contributed by atoms with Crippen LogP contribution < -0.4 is 5.32 Å². The van der Waals surface area contributed by atoms with Crippen LogP contribution in [0.15, 0.2) is 0 Å². The lowest BCUT2D eigenvalue weighted by atomic mass is 10.00. The zero-order valence-corrected chi connectivity index (χ0v) is 12.1. The number of nitrogens with one attached hydrogen (secondary N) is 1. The second-order valence-electron chi connectivity index (χ2n) is 5.22. The first-order chi connectivity index (χ1) is 7.65. The first-order valence-corrected chi connectivity index (χ1v) is 7.10. The molecule has 1 atom stereocenters. The quantitative estimate of drug-likeness (QED) is 0.792. The Hall–Kier alpha value is -0.0800. The molecule has 1 fully saturated rings. The van der Waals surface area contributed by atoms with Gasteiger partial charge in [0.25, 0.3) is 0 Å². The molecule has 0 amide bonds. The van der Waals surface area contributed by atoms with Gasteiger partial charge >= 0.3 is 0 Å². The first-order valence-electron chi connectivity index (χ1n) is 7.10. The van der Waals surface area contributed by atoms with Crippen LogP contribution in [-0.4, -0.2) is 30.7 Å². The standard InChI is InChI=1S/C11H24N2.C3H8/c1-4-11(8-10(2)3)13-7-5-6-12-9-13;1-3-2/h10-12H,4-9H2,1-3H3;3H2,1-2H3. The molecule has 16 heavy (non-hydrogen) atoms. The molecule has 1 N–H and O–H groups in total. The number of hydrogen-bond acceptors (Lipinski definition) is 2. The van der Waals surface area contributed by atoms with E-state index >= 15 is 0 Å². The van der Waals surface area contributed by atoms with Gasteiger partial charge < -0.3 is 5.32 Å². The van der Waals surface area contributed by atoms with Gasteiger partial charge in [-0.05, 0) is 31.7 Å². The summed E-state index contributed by atoms with van der Waals surface area (Å²) in [4.78, 5) is 2.60. The summed E-state index contributed by atoms with van der Waals surface area (Å²) in [7, 11) is 0. The zero-order valence-electron chi connectivity index (χ0n) is 12.1. The van der Waals surface area contributed by atoms with Crippen molar-refractivity contribution >= 4 is 0 Å². The second kappa shape index (κ2) is 10.1. The third-order valence-electron chi connectivity index (χ3n) is 2.84. The molecule has 2 nitrogen and oxygen atoms in total. The van der Waals surface area contributed by atoms with E-state index in [1.165, 1.54) is 38.8 Å². The average Bonchev–Trinajstić information content (AvgIpc) is 2.28. The highest BCUT2D eigenvalue weighted by Gasteiger charge is 2.19. The smallest absolute Gasteiger partial charge is 0.0483 e. The molecular formula is C14H32N2. The van der Waals surface area contributed by atoms with Crippen LogP contribution in [0.2, 0.25) is 0 Å². The maximum absolute atomic E-state index is 3.45. The van der Waals surface area contributed by atoms with Crippen molar-refractivity contribution < 1.29 is 0 Å². The fourth-order valence-electron chi connectivity index (χ4n) is 2.14. The maximum Gasteiger partial charge on any atom is 0.0483 e. The van der Waals surface area contributed by atoms with Crippen molar-refractivity contribution in [3.63, 3.8) is 0 Å². The van der Waals surface area contributed by atoms with Crippen molar-refractivity contribution in [2.24, 2.45) is 5.92 Å². The van der Waals surface area contributed by atoms with Gasteiger partial charge in [-0.25, -0.2) is 0 Å². The summed E-state index contributed by atoms with van der Waals surface area (Å²) in [6.07, 6.45) is 5.20. The molecule has 1 aliphatic heterocycles. The minimum atomic E-state index is 0.799. The largest absolute Gasteiger partial charge is 0.304 e. The molecule has 0 aromatic rings. The van der Waals surface area contributed by atoms with E-state index in [-0.39, 0.29) is 0 Å². The van der Waals surface area contributed by atoms with Crippen LogP contribution >= 0.6 is 0 Å². The number of hydrogen-bond donors (Lipinski definition) is 1. The van der Waals surface area contributed by atoms with Gasteiger partial charge in [0.2, 0.25) is 0 Å². The molecule has 0 aromatic carbocycles. The Balaban J connectivity index is 0.000000673. The molecule has 2 heteroatoms. The summed E-state index contributed by atoms with van der Waals surface area (Å²) in [5.74, 6) is 0.826. The van der Waals surface area contributed by atoms with Crippen LogP contribution in [0.1, 0.15) is 60.3 Å². The Bertz CT molecular complexity index is 140. The fourth-order valence-corrected chi connectivity index (χ4v) is 2.14. The van der Waals surface area contributed by atoms with Gasteiger partial charge in [0, 0.05) is 19.3 Å². The summed E-state index contributed by atoms with van der Waals surface area (Å²) < 4.78 is 0. The lowest BCUT2D eigenvalue weighted by molar-refractivity contribution is 0.132. The molecular weight excluding hydrogens is 196 g/mol. The van der Waals surface area contributed by atoms with E-state index in [2.05, 4.69) is 44.8 Å². The Morgan fingerprint density at radius 1 is 1.19 bits per heavy atom. The normalized spacial score (nSPS) is 19.1. The molecule has 0 aliphatic carbocycles. The molecule has 0 aromatic heterocycles. The first kappa shape index (κ1) is 15.9. The highest BCUT2D eigenvalue weighted by atomic mass is 15.3. The molecule has 0 radical (unpaired) electrons. The molecule has 98 valence electrons. The zero-order chi connectivity index (χ0) is 12.4. The van der Waals surface area contributed by atoms with E-state index in [9.17, 15) is 0 Å². The minimum Gasteiger partial charge on any atom is -0.304 e. The van der Waals surface area contributed by atoms with E-state index in [1.54, 1.807) is 0 Å². The summed E-state index contributed by atoms with van der Waals surface area (Å²) in [5.41, 5.74) is 0. The van der Waals surface area contributed by atoms with E-state index in [4.69, 9.17) is 0 Å². The van der Waals surface area contributed by atoms with Crippen LogP contribution in [0.4, 0.5) is 0 Å². The Morgan fingerprint density at radius 3 is 2.19 bits per heavy atom. The Morgan fingerprint density at radius 2 is 1.81 bits per heavy atom. The van der Waals surface area contributed by atoms with Crippen molar-refractivity contribution in [3.8, 4) is 0 Å². The predicted molar refractivity (Wildman–Crippen MR) is 73.7 cm³/mol. The third kappa shape index (κ3) is 7.24. The van der Waals surface area contributed by atoms with E-state index in [0.717, 1.165) is 18.6 Å². The van der Waals surface area contributed by atoms with Gasteiger partial charge in [0.05, 0.1) is 0 Å². The molecule has 1 rings (SSSR count). The molecule has 1 saturated heterocycles. The molecule has 1 aliphatic rings. The van der Waals surface area contributed by atoms with Crippen LogP contribution in [0.25, 0.3) is 0 Å². The summed E-state index contributed by atoms with van der Waals surface area (Å²) >= 11 is 0. The summed E-state index contributed by atoms with van der Waals surface area (Å²) in [6, 6.07) is 0.799. The summed E-state index contributed by atoms with van der Waals surface area (Å²) in [5, 5.41) is 3.45. The third-order valence-corrected chi connectivity index (χ3v) is 2.84. The highest BCUT2D eigenvalue weighted by molar-refractivity contribution is 4.74. The molecule has 1 unspecified atom stereocenters. The van der Waals surface area contributed by atoms with E-state index < -0.39 is 0 Å². The monoisotopic (exact) mass is 228 g/mol. The lowest BCUT2D eigenvalue weighted by Crippen LogP contribution is -2.47. The van der Waals surface area contributed by atoms with Crippen LogP contribution in [0, 0.1) is 5.92 Å². The minimum absolute atomic E-state index is 0.799. The summed E-state index contributed by atoms with van der Waals surface area (Å²) in [6.45, 7) is 14.8. The highest BCUT2D eigenvalue weighted by Crippen LogP contribution is 2.15. The number of nitrogens with zero attached hydrogens (tertiary/aromatic N) is 1. The molecule has 0 spiro atoms. The molecule has 0 bridgehead atoms.